The van der Waals surface area contributed by atoms with Crippen molar-refractivity contribution in [2.45, 2.75) is 31.2 Å². The van der Waals surface area contributed by atoms with E-state index >= 15 is 0 Å². The van der Waals surface area contributed by atoms with Crippen LogP contribution in [0, 0.1) is 11.3 Å². The number of halogens is 2. The first-order chi connectivity index (χ1) is 12.5. The molecule has 2 heterocycles. The van der Waals surface area contributed by atoms with E-state index in [1.165, 1.54) is 6.08 Å². The fourth-order valence-corrected chi connectivity index (χ4v) is 3.78. The Balaban J connectivity index is 1.89. The number of hydrogen-bond acceptors (Lipinski definition) is 4. The number of hydrogen-bond donors (Lipinski definition) is 1. The molecule has 0 radical (unpaired) electrons. The maximum absolute atomic E-state index is 12.8. The highest BCUT2D eigenvalue weighted by Crippen LogP contribution is 2.39. The highest BCUT2D eigenvalue weighted by atomic mass is 79.9. The van der Waals surface area contributed by atoms with Crippen molar-refractivity contribution in [1.82, 2.24) is 15.3 Å². The van der Waals surface area contributed by atoms with Gasteiger partial charge in [0.2, 0.25) is 0 Å². The fourth-order valence-electron chi connectivity index (χ4n) is 3.25. The highest BCUT2D eigenvalue weighted by Gasteiger charge is 2.37. The Bertz CT molecular complexity index is 900. The van der Waals surface area contributed by atoms with E-state index < -0.39 is 11.4 Å². The summed E-state index contributed by atoms with van der Waals surface area (Å²) in [6.07, 6.45) is 6.72. The van der Waals surface area contributed by atoms with Crippen LogP contribution in [0.3, 0.4) is 0 Å². The molecule has 0 aliphatic heterocycles. The maximum atomic E-state index is 12.8. The standard InChI is InChI=1S/C19H16BrClN4O/c20-16-5-3-4-15(24-16)10-13(12-22)18(26)25-19(7-1-2-8-19)14-6-9-23-17(21)11-14/h3-6,9-11H,1-2,7-8H2,(H,25,26). The molecule has 5 nitrogen and oxygen atoms in total. The highest BCUT2D eigenvalue weighted by molar-refractivity contribution is 9.10. The third-order valence-electron chi connectivity index (χ3n) is 4.48. The van der Waals surface area contributed by atoms with E-state index in [0.717, 1.165) is 31.2 Å². The van der Waals surface area contributed by atoms with Gasteiger partial charge >= 0.3 is 0 Å². The molecule has 1 saturated carbocycles. The zero-order chi connectivity index (χ0) is 18.6. The van der Waals surface area contributed by atoms with Crippen LogP contribution >= 0.6 is 27.5 Å². The summed E-state index contributed by atoms with van der Waals surface area (Å²) in [5, 5.41) is 12.9. The number of nitriles is 1. The number of pyridine rings is 2. The second-order valence-corrected chi connectivity index (χ2v) is 7.37. The minimum atomic E-state index is -0.524. The Kier molecular flexibility index (Phi) is 5.70. The number of carbonyl (C=O) groups excluding carboxylic acids is 1. The van der Waals surface area contributed by atoms with Crippen LogP contribution in [0.5, 0.6) is 0 Å². The summed E-state index contributed by atoms with van der Waals surface area (Å²) in [5.41, 5.74) is 0.950. The third-order valence-corrected chi connectivity index (χ3v) is 5.13. The van der Waals surface area contributed by atoms with Crippen LogP contribution < -0.4 is 5.32 Å². The van der Waals surface area contributed by atoms with Gasteiger partial charge in [-0.2, -0.15) is 5.26 Å². The first-order valence-corrected chi connectivity index (χ1v) is 9.38. The molecule has 0 bridgehead atoms. The summed E-state index contributed by atoms with van der Waals surface area (Å²) in [6.45, 7) is 0. The SMILES string of the molecule is N#CC(=Cc1cccc(Br)n1)C(=O)NC1(c2ccnc(Cl)c2)CCCC1. The van der Waals surface area contributed by atoms with Crippen molar-refractivity contribution in [3.05, 3.63) is 63.1 Å². The molecule has 2 aromatic rings. The van der Waals surface area contributed by atoms with Crippen molar-refractivity contribution < 1.29 is 4.79 Å². The van der Waals surface area contributed by atoms with Crippen molar-refractivity contribution >= 4 is 39.5 Å². The Morgan fingerprint density at radius 3 is 2.77 bits per heavy atom. The van der Waals surface area contributed by atoms with E-state index in [-0.39, 0.29) is 5.57 Å². The summed E-state index contributed by atoms with van der Waals surface area (Å²) in [6, 6.07) is 10.9. The molecule has 0 saturated heterocycles. The van der Waals surface area contributed by atoms with Gasteiger partial charge in [0.1, 0.15) is 21.4 Å². The van der Waals surface area contributed by atoms with Crippen molar-refractivity contribution in [2.75, 3.05) is 0 Å². The van der Waals surface area contributed by atoms with Gasteiger partial charge < -0.3 is 5.32 Å². The van der Waals surface area contributed by atoms with Crippen LogP contribution in [0.25, 0.3) is 6.08 Å². The number of carbonyl (C=O) groups is 1. The normalized spacial score (nSPS) is 16.1. The van der Waals surface area contributed by atoms with Crippen molar-refractivity contribution in [3.8, 4) is 6.07 Å². The van der Waals surface area contributed by atoms with Gasteiger partial charge in [0.15, 0.2) is 0 Å². The van der Waals surface area contributed by atoms with Crippen LogP contribution in [0.15, 0.2) is 46.7 Å². The van der Waals surface area contributed by atoms with Crippen molar-refractivity contribution in [1.29, 1.82) is 5.26 Å². The van der Waals surface area contributed by atoms with Gasteiger partial charge in [-0.05, 0) is 64.7 Å². The van der Waals surface area contributed by atoms with Gasteiger partial charge in [-0.25, -0.2) is 9.97 Å². The Labute approximate surface area is 165 Å². The molecule has 1 N–H and O–H groups in total. The lowest BCUT2D eigenvalue weighted by Crippen LogP contribution is -2.44. The molecule has 0 unspecified atom stereocenters. The average molecular weight is 432 g/mol. The van der Waals surface area contributed by atoms with Crippen LogP contribution in [-0.4, -0.2) is 15.9 Å². The van der Waals surface area contributed by atoms with Crippen LogP contribution in [0.2, 0.25) is 5.15 Å². The van der Waals surface area contributed by atoms with Gasteiger partial charge in [0, 0.05) is 6.20 Å². The second-order valence-electron chi connectivity index (χ2n) is 6.17. The molecule has 2 aromatic heterocycles. The molecule has 0 atom stereocenters. The lowest BCUT2D eigenvalue weighted by atomic mass is 9.88. The van der Waals surface area contributed by atoms with Gasteiger partial charge in [0.25, 0.3) is 5.91 Å². The van der Waals surface area contributed by atoms with E-state index in [1.54, 1.807) is 30.5 Å². The quantitative estimate of drug-likeness (QED) is 0.442. The molecule has 1 aliphatic rings. The minimum Gasteiger partial charge on any atom is -0.342 e. The van der Waals surface area contributed by atoms with Crippen molar-refractivity contribution in [3.63, 3.8) is 0 Å². The van der Waals surface area contributed by atoms with Gasteiger partial charge in [0.05, 0.1) is 11.2 Å². The molecular formula is C19H16BrClN4O. The lowest BCUT2D eigenvalue weighted by molar-refractivity contribution is -0.119. The molecule has 3 rings (SSSR count). The predicted octanol–water partition coefficient (Wildman–Crippen LogP) is 4.39. The van der Waals surface area contributed by atoms with Crippen LogP contribution in [-0.2, 0) is 10.3 Å². The van der Waals surface area contributed by atoms with E-state index in [9.17, 15) is 10.1 Å². The van der Waals surface area contributed by atoms with Gasteiger partial charge in [-0.1, -0.05) is 30.5 Å². The molecule has 7 heteroatoms. The zero-order valence-corrected chi connectivity index (χ0v) is 16.2. The molecular weight excluding hydrogens is 416 g/mol. The summed E-state index contributed by atoms with van der Waals surface area (Å²) in [4.78, 5) is 21.1. The summed E-state index contributed by atoms with van der Waals surface area (Å²) in [5.74, 6) is -0.413. The largest absolute Gasteiger partial charge is 0.342 e. The molecule has 26 heavy (non-hydrogen) atoms. The monoisotopic (exact) mass is 430 g/mol. The first-order valence-electron chi connectivity index (χ1n) is 8.21. The summed E-state index contributed by atoms with van der Waals surface area (Å²) in [7, 11) is 0. The van der Waals surface area contributed by atoms with E-state index in [2.05, 4.69) is 31.2 Å². The summed E-state index contributed by atoms with van der Waals surface area (Å²) < 4.78 is 0.641. The van der Waals surface area contributed by atoms with E-state index in [4.69, 9.17) is 11.6 Å². The predicted molar refractivity (Wildman–Crippen MR) is 103 cm³/mol. The number of aromatic nitrogens is 2. The maximum Gasteiger partial charge on any atom is 0.262 e. The van der Waals surface area contributed by atoms with Crippen LogP contribution in [0.4, 0.5) is 0 Å². The molecule has 1 aliphatic carbocycles. The third kappa shape index (κ3) is 4.12. The smallest absolute Gasteiger partial charge is 0.262 e. The van der Waals surface area contributed by atoms with E-state index in [0.29, 0.717) is 15.5 Å². The molecule has 1 amide bonds. The molecule has 1 fully saturated rings. The van der Waals surface area contributed by atoms with Gasteiger partial charge in [-0.3, -0.25) is 4.79 Å². The fraction of sp³-hybridized carbons (Fsp3) is 0.263. The van der Waals surface area contributed by atoms with E-state index in [1.807, 2.05) is 12.1 Å². The summed E-state index contributed by atoms with van der Waals surface area (Å²) >= 11 is 9.32. The van der Waals surface area contributed by atoms with Crippen LogP contribution in [0.1, 0.15) is 36.9 Å². The Morgan fingerprint density at radius 1 is 1.35 bits per heavy atom. The van der Waals surface area contributed by atoms with Crippen molar-refractivity contribution in [2.24, 2.45) is 0 Å². The average Bonchev–Trinajstić information content (AvgIpc) is 3.09. The topological polar surface area (TPSA) is 78.7 Å². The number of rotatable bonds is 4. The molecule has 132 valence electrons. The zero-order valence-electron chi connectivity index (χ0n) is 13.9. The second kappa shape index (κ2) is 7.98. The number of nitrogens with zero attached hydrogens (tertiary/aromatic N) is 3. The lowest BCUT2D eigenvalue weighted by Gasteiger charge is -2.31. The Hall–Kier alpha value is -2.23. The minimum absolute atomic E-state index is 0.0158. The molecule has 0 spiro atoms. The number of nitrogens with one attached hydrogen (secondary N) is 1. The Morgan fingerprint density at radius 2 is 2.12 bits per heavy atom. The first kappa shape index (κ1) is 18.6. The molecule has 0 aromatic carbocycles. The van der Waals surface area contributed by atoms with Gasteiger partial charge in [-0.15, -0.1) is 0 Å². The number of amides is 1.